The van der Waals surface area contributed by atoms with E-state index in [0.29, 0.717) is 24.8 Å². The van der Waals surface area contributed by atoms with Crippen LogP contribution < -0.4 is 5.32 Å². The number of rotatable bonds is 9. The van der Waals surface area contributed by atoms with Gasteiger partial charge >= 0.3 is 6.36 Å². The molecule has 0 spiro atoms. The van der Waals surface area contributed by atoms with Crippen LogP contribution in [0, 0.1) is 0 Å². The number of alkyl halides is 3. The van der Waals surface area contributed by atoms with Crippen molar-refractivity contribution in [3.8, 4) is 0 Å². The molecule has 0 aromatic rings. The van der Waals surface area contributed by atoms with Crippen LogP contribution in [0.4, 0.5) is 13.2 Å². The lowest BCUT2D eigenvalue weighted by molar-refractivity contribution is -0.303. The molecule has 0 aromatic heterocycles. The van der Waals surface area contributed by atoms with Gasteiger partial charge in [-0.05, 0) is 71.8 Å². The van der Waals surface area contributed by atoms with Gasteiger partial charge in [0, 0.05) is 13.1 Å². The van der Waals surface area contributed by atoms with Crippen molar-refractivity contribution in [2.45, 2.75) is 51.5 Å². The van der Waals surface area contributed by atoms with Gasteiger partial charge in [-0.3, -0.25) is 0 Å². The largest absolute Gasteiger partial charge is 0.573 e. The SMILES string of the molecule is C\C=C/C=C(\C=C(/C)CC1(O)CCN(CCCNC)CC1)OC(F)(F)F. The van der Waals surface area contributed by atoms with Gasteiger partial charge in [-0.2, -0.15) is 0 Å². The van der Waals surface area contributed by atoms with E-state index >= 15 is 0 Å². The van der Waals surface area contributed by atoms with Gasteiger partial charge in [0.2, 0.25) is 0 Å². The summed E-state index contributed by atoms with van der Waals surface area (Å²) in [5.74, 6) is -0.277. The Morgan fingerprint density at radius 2 is 1.96 bits per heavy atom. The van der Waals surface area contributed by atoms with E-state index in [0.717, 1.165) is 32.6 Å². The summed E-state index contributed by atoms with van der Waals surface area (Å²) >= 11 is 0. The van der Waals surface area contributed by atoms with E-state index < -0.39 is 12.0 Å². The molecule has 0 radical (unpaired) electrons. The van der Waals surface area contributed by atoms with Crippen molar-refractivity contribution in [3.63, 3.8) is 0 Å². The van der Waals surface area contributed by atoms with Crippen molar-refractivity contribution in [2.75, 3.05) is 33.2 Å². The number of ether oxygens (including phenoxy) is 1. The normalized spacial score (nSPS) is 20.0. The van der Waals surface area contributed by atoms with E-state index in [1.807, 2.05) is 7.05 Å². The van der Waals surface area contributed by atoms with Crippen molar-refractivity contribution >= 4 is 0 Å². The molecule has 0 aliphatic carbocycles. The van der Waals surface area contributed by atoms with Crippen LogP contribution >= 0.6 is 0 Å². The summed E-state index contributed by atoms with van der Waals surface area (Å²) in [7, 11) is 1.92. The average Bonchev–Trinajstić information content (AvgIpc) is 2.53. The van der Waals surface area contributed by atoms with E-state index in [-0.39, 0.29) is 5.76 Å². The number of hydrogen-bond donors (Lipinski definition) is 2. The molecular formula is C19H31F3N2O2. The molecule has 0 saturated carbocycles. The maximum absolute atomic E-state index is 12.5. The highest BCUT2D eigenvalue weighted by Gasteiger charge is 2.33. The summed E-state index contributed by atoms with van der Waals surface area (Å²) in [6, 6.07) is 0. The molecule has 0 amide bonds. The summed E-state index contributed by atoms with van der Waals surface area (Å²) < 4.78 is 41.6. The molecule has 7 heteroatoms. The molecule has 1 rings (SSSR count). The summed E-state index contributed by atoms with van der Waals surface area (Å²) in [6.45, 7) is 6.98. The Labute approximate surface area is 154 Å². The number of allylic oxidation sites excluding steroid dienone is 4. The molecule has 0 aromatic carbocycles. The quantitative estimate of drug-likeness (QED) is 0.365. The molecule has 0 bridgehead atoms. The number of nitrogens with one attached hydrogen (secondary N) is 1. The lowest BCUT2D eigenvalue weighted by Crippen LogP contribution is -2.45. The van der Waals surface area contributed by atoms with Crippen LogP contribution in [0.5, 0.6) is 0 Å². The highest BCUT2D eigenvalue weighted by atomic mass is 19.4. The fourth-order valence-electron chi connectivity index (χ4n) is 3.10. The maximum atomic E-state index is 12.5. The van der Waals surface area contributed by atoms with E-state index in [9.17, 15) is 18.3 Å². The van der Waals surface area contributed by atoms with Crippen molar-refractivity contribution in [1.29, 1.82) is 0 Å². The van der Waals surface area contributed by atoms with Gasteiger partial charge in [0.25, 0.3) is 0 Å². The minimum Gasteiger partial charge on any atom is -0.406 e. The van der Waals surface area contributed by atoms with Gasteiger partial charge in [-0.25, -0.2) is 0 Å². The van der Waals surface area contributed by atoms with Crippen molar-refractivity contribution in [2.24, 2.45) is 0 Å². The third-order valence-corrected chi connectivity index (χ3v) is 4.37. The van der Waals surface area contributed by atoms with Gasteiger partial charge in [-0.1, -0.05) is 17.7 Å². The standard InChI is InChI=1S/C19H31F3N2O2/c1-4-5-7-17(26-19(20,21)22)14-16(2)15-18(25)8-12-24(13-9-18)11-6-10-23-3/h4-5,7,14,23,25H,6,8-13,15H2,1-3H3/b5-4-,16-14+,17-7+. The molecular weight excluding hydrogens is 345 g/mol. The maximum Gasteiger partial charge on any atom is 0.573 e. The summed E-state index contributed by atoms with van der Waals surface area (Å²) in [5.41, 5.74) is -0.208. The first-order chi connectivity index (χ1) is 12.2. The third kappa shape index (κ3) is 9.40. The zero-order chi connectivity index (χ0) is 19.6. The predicted octanol–water partition coefficient (Wildman–Crippen LogP) is 3.76. The van der Waals surface area contributed by atoms with Crippen LogP contribution in [-0.2, 0) is 4.74 Å². The van der Waals surface area contributed by atoms with E-state index in [2.05, 4.69) is 15.0 Å². The fourth-order valence-corrected chi connectivity index (χ4v) is 3.10. The van der Waals surface area contributed by atoms with Gasteiger partial charge in [0.05, 0.1) is 5.60 Å². The molecule has 1 saturated heterocycles. The van der Waals surface area contributed by atoms with Gasteiger partial charge in [-0.15, -0.1) is 13.2 Å². The first-order valence-electron chi connectivity index (χ1n) is 9.03. The lowest BCUT2D eigenvalue weighted by atomic mass is 9.85. The summed E-state index contributed by atoms with van der Waals surface area (Å²) in [4.78, 5) is 2.31. The Balaban J connectivity index is 2.63. The number of nitrogens with zero attached hydrogens (tertiary/aromatic N) is 1. The molecule has 1 aliphatic heterocycles. The highest BCUT2D eigenvalue weighted by molar-refractivity contribution is 5.23. The highest BCUT2D eigenvalue weighted by Crippen LogP contribution is 2.30. The van der Waals surface area contributed by atoms with Crippen LogP contribution in [0.15, 0.2) is 35.6 Å². The first-order valence-corrected chi connectivity index (χ1v) is 9.03. The minimum atomic E-state index is -4.74. The van der Waals surface area contributed by atoms with Gasteiger partial charge < -0.3 is 20.1 Å². The average molecular weight is 376 g/mol. The topological polar surface area (TPSA) is 44.7 Å². The van der Waals surface area contributed by atoms with Crippen LogP contribution in [0.1, 0.15) is 39.5 Å². The van der Waals surface area contributed by atoms with Crippen molar-refractivity contribution in [3.05, 3.63) is 35.6 Å². The lowest BCUT2D eigenvalue weighted by Gasteiger charge is -2.38. The van der Waals surface area contributed by atoms with Crippen LogP contribution in [0.2, 0.25) is 0 Å². The molecule has 26 heavy (non-hydrogen) atoms. The number of halogens is 3. The van der Waals surface area contributed by atoms with Gasteiger partial charge in [0.15, 0.2) is 0 Å². The third-order valence-electron chi connectivity index (χ3n) is 4.37. The number of aliphatic hydroxyl groups is 1. The molecule has 150 valence electrons. The summed E-state index contributed by atoms with van der Waals surface area (Å²) in [6.07, 6.45) is 3.63. The van der Waals surface area contributed by atoms with Gasteiger partial charge in [0.1, 0.15) is 5.76 Å². The number of likely N-dealkylation sites (tertiary alicyclic amines) is 1. The summed E-state index contributed by atoms with van der Waals surface area (Å²) in [5, 5.41) is 13.9. The molecule has 1 fully saturated rings. The van der Waals surface area contributed by atoms with E-state index in [4.69, 9.17) is 0 Å². The van der Waals surface area contributed by atoms with Crippen LogP contribution in [0.25, 0.3) is 0 Å². The Bertz CT molecular complexity index is 505. The Kier molecular flexibility index (Phi) is 9.39. The zero-order valence-corrected chi connectivity index (χ0v) is 15.9. The second kappa shape index (κ2) is 10.7. The van der Waals surface area contributed by atoms with Crippen molar-refractivity contribution < 1.29 is 23.0 Å². The Morgan fingerprint density at radius 1 is 1.31 bits per heavy atom. The van der Waals surface area contributed by atoms with Crippen LogP contribution in [-0.4, -0.2) is 55.2 Å². The molecule has 0 unspecified atom stereocenters. The molecule has 2 N–H and O–H groups in total. The molecule has 1 heterocycles. The van der Waals surface area contributed by atoms with E-state index in [1.54, 1.807) is 19.9 Å². The number of piperidine rings is 1. The monoisotopic (exact) mass is 376 g/mol. The second-order valence-corrected chi connectivity index (χ2v) is 6.83. The molecule has 0 atom stereocenters. The number of hydrogen-bond acceptors (Lipinski definition) is 4. The molecule has 4 nitrogen and oxygen atoms in total. The Hall–Kier alpha value is -1.31. The zero-order valence-electron chi connectivity index (χ0n) is 15.9. The minimum absolute atomic E-state index is 0.277. The Morgan fingerprint density at radius 3 is 2.50 bits per heavy atom. The van der Waals surface area contributed by atoms with Crippen molar-refractivity contribution in [1.82, 2.24) is 10.2 Å². The second-order valence-electron chi connectivity index (χ2n) is 6.83. The molecule has 1 aliphatic rings. The van der Waals surface area contributed by atoms with Crippen LogP contribution in [0.3, 0.4) is 0 Å². The first kappa shape index (κ1) is 22.7. The predicted molar refractivity (Wildman–Crippen MR) is 97.6 cm³/mol. The smallest absolute Gasteiger partial charge is 0.406 e. The van der Waals surface area contributed by atoms with E-state index in [1.165, 1.54) is 18.2 Å². The fraction of sp³-hybridized carbons (Fsp3) is 0.684.